The Labute approximate surface area is 90.6 Å². The first-order valence-electron chi connectivity index (χ1n) is 5.76. The molecule has 1 N–H and O–H groups in total. The van der Waals surface area contributed by atoms with Crippen molar-refractivity contribution in [2.24, 2.45) is 5.92 Å². The predicted octanol–water partition coefficient (Wildman–Crippen LogP) is 1.77. The summed E-state index contributed by atoms with van der Waals surface area (Å²) in [7, 11) is 1.77. The number of rotatable bonds is 1. The highest BCUT2D eigenvalue weighted by atomic mass is 16.5. The third kappa shape index (κ3) is 1.44. The second-order valence-corrected chi connectivity index (χ2v) is 4.62. The summed E-state index contributed by atoms with van der Waals surface area (Å²) in [6, 6.07) is 7.13. The van der Waals surface area contributed by atoms with Gasteiger partial charge in [-0.1, -0.05) is 12.1 Å². The molecule has 1 fully saturated rings. The standard InChI is InChI=1S/C13H17NO/c1-15-13-4-2-3-9-7-10-5-6-14-12(10)8-11(9)13/h2-4,10,12,14H,5-8H2,1H3/t10-,12-/m1/s1. The summed E-state index contributed by atoms with van der Waals surface area (Å²) in [5, 5.41) is 3.60. The first-order valence-corrected chi connectivity index (χ1v) is 5.76. The second-order valence-electron chi connectivity index (χ2n) is 4.62. The van der Waals surface area contributed by atoms with Crippen LogP contribution in [-0.2, 0) is 12.8 Å². The highest BCUT2D eigenvalue weighted by molar-refractivity contribution is 5.43. The molecule has 15 heavy (non-hydrogen) atoms. The number of methoxy groups -OCH3 is 1. The smallest absolute Gasteiger partial charge is 0.122 e. The molecule has 1 aromatic carbocycles. The maximum absolute atomic E-state index is 5.43. The Hall–Kier alpha value is -1.02. The number of benzene rings is 1. The van der Waals surface area contributed by atoms with Crippen LogP contribution in [-0.4, -0.2) is 19.7 Å². The van der Waals surface area contributed by atoms with Crippen LogP contribution in [0, 0.1) is 5.92 Å². The van der Waals surface area contributed by atoms with Crippen LogP contribution in [0.5, 0.6) is 5.75 Å². The van der Waals surface area contributed by atoms with Gasteiger partial charge in [0.15, 0.2) is 0 Å². The quantitative estimate of drug-likeness (QED) is 0.751. The Bertz CT molecular complexity index is 375. The zero-order valence-corrected chi connectivity index (χ0v) is 9.12. The Morgan fingerprint density at radius 1 is 1.33 bits per heavy atom. The van der Waals surface area contributed by atoms with E-state index in [1.165, 1.54) is 30.5 Å². The minimum absolute atomic E-state index is 0.689. The van der Waals surface area contributed by atoms with E-state index in [-0.39, 0.29) is 0 Å². The lowest BCUT2D eigenvalue weighted by Crippen LogP contribution is -2.34. The first kappa shape index (κ1) is 9.22. The van der Waals surface area contributed by atoms with E-state index in [2.05, 4.69) is 23.5 Å². The van der Waals surface area contributed by atoms with Crippen molar-refractivity contribution in [2.45, 2.75) is 25.3 Å². The topological polar surface area (TPSA) is 21.3 Å². The van der Waals surface area contributed by atoms with Crippen molar-refractivity contribution in [1.29, 1.82) is 0 Å². The molecule has 0 bridgehead atoms. The van der Waals surface area contributed by atoms with Gasteiger partial charge in [-0.15, -0.1) is 0 Å². The molecule has 2 nitrogen and oxygen atoms in total. The molecule has 0 amide bonds. The van der Waals surface area contributed by atoms with Crippen LogP contribution >= 0.6 is 0 Å². The van der Waals surface area contributed by atoms with Crippen LogP contribution in [0.15, 0.2) is 18.2 Å². The third-order valence-corrected chi connectivity index (χ3v) is 3.85. The lowest BCUT2D eigenvalue weighted by Gasteiger charge is -2.28. The van der Waals surface area contributed by atoms with E-state index >= 15 is 0 Å². The summed E-state index contributed by atoms with van der Waals surface area (Å²) in [5.74, 6) is 1.92. The van der Waals surface area contributed by atoms with Crippen molar-refractivity contribution in [3.63, 3.8) is 0 Å². The number of hydrogen-bond donors (Lipinski definition) is 1. The van der Waals surface area contributed by atoms with E-state index in [0.717, 1.165) is 18.1 Å². The largest absolute Gasteiger partial charge is 0.496 e. The Morgan fingerprint density at radius 3 is 3.13 bits per heavy atom. The molecule has 0 radical (unpaired) electrons. The number of hydrogen-bond acceptors (Lipinski definition) is 2. The van der Waals surface area contributed by atoms with Gasteiger partial charge in [0.25, 0.3) is 0 Å². The Balaban J connectivity index is 1.99. The van der Waals surface area contributed by atoms with Gasteiger partial charge in [-0.25, -0.2) is 0 Å². The fraction of sp³-hybridized carbons (Fsp3) is 0.538. The second kappa shape index (κ2) is 3.53. The van der Waals surface area contributed by atoms with Gasteiger partial charge in [-0.2, -0.15) is 0 Å². The van der Waals surface area contributed by atoms with Crippen molar-refractivity contribution in [3.05, 3.63) is 29.3 Å². The molecule has 1 aliphatic heterocycles. The van der Waals surface area contributed by atoms with E-state index in [9.17, 15) is 0 Å². The summed E-state index contributed by atoms with van der Waals surface area (Å²) < 4.78 is 5.43. The van der Waals surface area contributed by atoms with Gasteiger partial charge >= 0.3 is 0 Å². The van der Waals surface area contributed by atoms with Gasteiger partial charge < -0.3 is 10.1 Å². The van der Waals surface area contributed by atoms with Gasteiger partial charge in [-0.3, -0.25) is 0 Å². The lowest BCUT2D eigenvalue weighted by molar-refractivity contribution is 0.381. The van der Waals surface area contributed by atoms with Crippen LogP contribution in [0.2, 0.25) is 0 Å². The molecule has 1 aromatic rings. The summed E-state index contributed by atoms with van der Waals surface area (Å²) in [6.45, 7) is 1.19. The summed E-state index contributed by atoms with van der Waals surface area (Å²) >= 11 is 0. The maximum Gasteiger partial charge on any atom is 0.122 e. The summed E-state index contributed by atoms with van der Waals surface area (Å²) in [5.41, 5.74) is 2.93. The minimum atomic E-state index is 0.689. The molecule has 1 aliphatic carbocycles. The first-order chi connectivity index (χ1) is 7.38. The highest BCUT2D eigenvalue weighted by Gasteiger charge is 2.32. The lowest BCUT2D eigenvalue weighted by atomic mass is 9.80. The van der Waals surface area contributed by atoms with Crippen LogP contribution < -0.4 is 10.1 Å². The van der Waals surface area contributed by atoms with E-state index in [4.69, 9.17) is 4.74 Å². The molecule has 0 spiro atoms. The fourth-order valence-corrected chi connectivity index (χ4v) is 3.03. The molecule has 2 heteroatoms. The highest BCUT2D eigenvalue weighted by Crippen LogP contribution is 2.35. The summed E-state index contributed by atoms with van der Waals surface area (Å²) in [6.07, 6.45) is 3.70. The van der Waals surface area contributed by atoms with Crippen LogP contribution in [0.3, 0.4) is 0 Å². The molecule has 0 aromatic heterocycles. The summed E-state index contributed by atoms with van der Waals surface area (Å²) in [4.78, 5) is 0. The SMILES string of the molecule is COc1cccc2c1C[C@H]1NCC[C@@H]1C2. The van der Waals surface area contributed by atoms with Crippen LogP contribution in [0.1, 0.15) is 17.5 Å². The van der Waals surface area contributed by atoms with Gasteiger partial charge in [0.05, 0.1) is 7.11 Å². The van der Waals surface area contributed by atoms with Crippen molar-refractivity contribution in [3.8, 4) is 5.75 Å². The van der Waals surface area contributed by atoms with E-state index < -0.39 is 0 Å². The monoisotopic (exact) mass is 203 g/mol. The zero-order chi connectivity index (χ0) is 10.3. The average molecular weight is 203 g/mol. The molecule has 2 aliphatic rings. The average Bonchev–Trinajstić information content (AvgIpc) is 2.72. The van der Waals surface area contributed by atoms with Crippen molar-refractivity contribution in [2.75, 3.05) is 13.7 Å². The molecule has 0 saturated carbocycles. The number of nitrogens with one attached hydrogen (secondary N) is 1. The normalized spacial score (nSPS) is 28.3. The molecule has 3 rings (SSSR count). The minimum Gasteiger partial charge on any atom is -0.496 e. The third-order valence-electron chi connectivity index (χ3n) is 3.85. The van der Waals surface area contributed by atoms with E-state index in [1.807, 2.05) is 0 Å². The van der Waals surface area contributed by atoms with Gasteiger partial charge in [0, 0.05) is 6.04 Å². The van der Waals surface area contributed by atoms with Crippen molar-refractivity contribution < 1.29 is 4.74 Å². The molecule has 0 unspecified atom stereocenters. The van der Waals surface area contributed by atoms with Gasteiger partial charge in [0.2, 0.25) is 0 Å². The molecule has 1 heterocycles. The zero-order valence-electron chi connectivity index (χ0n) is 9.12. The number of ether oxygens (including phenoxy) is 1. The van der Waals surface area contributed by atoms with Gasteiger partial charge in [-0.05, 0) is 48.9 Å². The maximum atomic E-state index is 5.43. The molecular formula is C13H17NO. The Morgan fingerprint density at radius 2 is 2.27 bits per heavy atom. The fourth-order valence-electron chi connectivity index (χ4n) is 3.03. The molecule has 80 valence electrons. The molecular weight excluding hydrogens is 186 g/mol. The van der Waals surface area contributed by atoms with Crippen LogP contribution in [0.4, 0.5) is 0 Å². The van der Waals surface area contributed by atoms with E-state index in [0.29, 0.717) is 6.04 Å². The Kier molecular flexibility index (Phi) is 2.17. The van der Waals surface area contributed by atoms with Crippen LogP contribution in [0.25, 0.3) is 0 Å². The number of fused-ring (bicyclic) bond motifs is 2. The molecule has 1 saturated heterocycles. The van der Waals surface area contributed by atoms with Gasteiger partial charge in [0.1, 0.15) is 5.75 Å². The van der Waals surface area contributed by atoms with E-state index in [1.54, 1.807) is 7.11 Å². The molecule has 2 atom stereocenters. The van der Waals surface area contributed by atoms with Crippen molar-refractivity contribution in [1.82, 2.24) is 5.32 Å². The van der Waals surface area contributed by atoms with Crippen molar-refractivity contribution >= 4 is 0 Å². The predicted molar refractivity (Wildman–Crippen MR) is 60.3 cm³/mol.